The summed E-state index contributed by atoms with van der Waals surface area (Å²) in [5.41, 5.74) is 2.94. The van der Waals surface area contributed by atoms with Crippen LogP contribution in [0.2, 0.25) is 0 Å². The third-order valence-corrected chi connectivity index (χ3v) is 5.06. The molecular formula is C23H24N4O3. The Morgan fingerprint density at radius 1 is 1.17 bits per heavy atom. The first kappa shape index (κ1) is 19.8. The zero-order chi connectivity index (χ0) is 21.1. The molecule has 154 valence electrons. The minimum absolute atomic E-state index is 0.0401. The molecule has 2 aromatic carbocycles. The summed E-state index contributed by atoms with van der Waals surface area (Å²) in [5.74, 6) is -0.151. The highest BCUT2D eigenvalue weighted by molar-refractivity contribution is 6.02. The molecule has 0 atom stereocenters. The molecule has 0 unspecified atom stereocenters. The average Bonchev–Trinajstić information content (AvgIpc) is 3.14. The second-order valence-electron chi connectivity index (χ2n) is 7.53. The Kier molecular flexibility index (Phi) is 5.63. The number of aryl methyl sites for hydroxylation is 1. The molecular weight excluding hydrogens is 380 g/mol. The van der Waals surface area contributed by atoms with Crippen LogP contribution in [0.1, 0.15) is 11.1 Å². The lowest BCUT2D eigenvalue weighted by Crippen LogP contribution is -2.34. The van der Waals surface area contributed by atoms with Gasteiger partial charge in [0.25, 0.3) is 0 Å². The number of aromatic nitrogens is 2. The molecule has 4 aromatic rings. The van der Waals surface area contributed by atoms with Gasteiger partial charge in [-0.05, 0) is 31.7 Å². The van der Waals surface area contributed by atoms with Gasteiger partial charge in [0.05, 0.1) is 11.7 Å². The van der Waals surface area contributed by atoms with Gasteiger partial charge in [-0.15, -0.1) is 0 Å². The molecule has 2 heterocycles. The molecule has 0 spiro atoms. The number of nitrogens with zero attached hydrogens (tertiary/aromatic N) is 3. The van der Waals surface area contributed by atoms with Crippen LogP contribution in [0.4, 0.5) is 0 Å². The maximum absolute atomic E-state index is 12.5. The van der Waals surface area contributed by atoms with Gasteiger partial charge in [-0.3, -0.25) is 9.48 Å². The molecule has 0 aliphatic rings. The molecule has 0 radical (unpaired) electrons. The Labute approximate surface area is 173 Å². The lowest BCUT2D eigenvalue weighted by molar-refractivity contribution is -0.121. The number of carbonyl (C=O) groups excluding carboxylic acids is 1. The predicted octanol–water partition coefficient (Wildman–Crippen LogP) is 2.70. The van der Waals surface area contributed by atoms with E-state index in [4.69, 9.17) is 4.42 Å². The Morgan fingerprint density at radius 3 is 2.77 bits per heavy atom. The van der Waals surface area contributed by atoms with Crippen molar-refractivity contribution in [3.8, 4) is 0 Å². The summed E-state index contributed by atoms with van der Waals surface area (Å²) in [6, 6.07) is 15.8. The van der Waals surface area contributed by atoms with Crippen LogP contribution in [0, 0.1) is 6.92 Å². The fourth-order valence-corrected chi connectivity index (χ4v) is 3.56. The first-order chi connectivity index (χ1) is 14.5. The number of likely N-dealkylation sites (N-methyl/N-ethyl adjacent to an activating group) is 1. The Hall–Kier alpha value is -3.45. The van der Waals surface area contributed by atoms with Gasteiger partial charge in [0, 0.05) is 25.0 Å². The lowest BCUT2D eigenvalue weighted by atomic mass is 10.1. The second-order valence-corrected chi connectivity index (χ2v) is 7.53. The van der Waals surface area contributed by atoms with Crippen LogP contribution in [0.5, 0.6) is 0 Å². The molecule has 7 heteroatoms. The lowest BCUT2D eigenvalue weighted by Gasteiger charge is -2.17. The molecule has 30 heavy (non-hydrogen) atoms. The molecule has 0 bridgehead atoms. The van der Waals surface area contributed by atoms with Crippen LogP contribution < -0.4 is 10.9 Å². The highest BCUT2D eigenvalue weighted by Gasteiger charge is 2.15. The standard InChI is InChI=1S/C23H24N4O3/c1-16-8-9-20-18(12-16)22-19(23(29)30-20)13-25-27(22)15-21(28)24-10-11-26(2)14-17-6-4-3-5-7-17/h3-9,12-13H,10-11,14-15H2,1-2H3,(H,24,28). The fourth-order valence-electron chi connectivity index (χ4n) is 3.56. The second kappa shape index (κ2) is 8.51. The molecule has 0 saturated carbocycles. The van der Waals surface area contributed by atoms with Crippen molar-refractivity contribution in [3.05, 3.63) is 76.3 Å². The smallest absolute Gasteiger partial charge is 0.347 e. The minimum atomic E-state index is -0.449. The van der Waals surface area contributed by atoms with E-state index in [1.807, 2.05) is 44.3 Å². The molecule has 1 amide bonds. The summed E-state index contributed by atoms with van der Waals surface area (Å²) in [6.45, 7) is 4.09. The Morgan fingerprint density at radius 2 is 1.97 bits per heavy atom. The SMILES string of the molecule is Cc1ccc2oc(=O)c3cnn(CC(=O)NCCN(C)Cc4ccccc4)c3c2c1. The van der Waals surface area contributed by atoms with E-state index in [-0.39, 0.29) is 12.5 Å². The molecule has 0 aliphatic heterocycles. The van der Waals surface area contributed by atoms with E-state index < -0.39 is 5.63 Å². The molecule has 0 saturated heterocycles. The van der Waals surface area contributed by atoms with Crippen molar-refractivity contribution in [2.24, 2.45) is 0 Å². The van der Waals surface area contributed by atoms with E-state index >= 15 is 0 Å². The average molecular weight is 404 g/mol. The van der Waals surface area contributed by atoms with Gasteiger partial charge in [-0.2, -0.15) is 5.10 Å². The van der Waals surface area contributed by atoms with E-state index in [9.17, 15) is 9.59 Å². The van der Waals surface area contributed by atoms with Crippen LogP contribution >= 0.6 is 0 Å². The van der Waals surface area contributed by atoms with Gasteiger partial charge in [0.1, 0.15) is 17.5 Å². The summed E-state index contributed by atoms with van der Waals surface area (Å²) >= 11 is 0. The monoisotopic (exact) mass is 404 g/mol. The molecule has 0 fully saturated rings. The van der Waals surface area contributed by atoms with E-state index in [0.717, 1.165) is 24.0 Å². The molecule has 4 rings (SSSR count). The summed E-state index contributed by atoms with van der Waals surface area (Å²) in [4.78, 5) is 26.9. The third-order valence-electron chi connectivity index (χ3n) is 5.06. The van der Waals surface area contributed by atoms with E-state index in [0.29, 0.717) is 23.0 Å². The molecule has 2 aromatic heterocycles. The third kappa shape index (κ3) is 4.26. The number of rotatable bonds is 7. The maximum atomic E-state index is 12.5. The van der Waals surface area contributed by atoms with Gasteiger partial charge in [0.15, 0.2) is 0 Å². The van der Waals surface area contributed by atoms with Crippen molar-refractivity contribution in [3.63, 3.8) is 0 Å². The van der Waals surface area contributed by atoms with E-state index in [1.165, 1.54) is 11.8 Å². The van der Waals surface area contributed by atoms with E-state index in [1.54, 1.807) is 10.7 Å². The summed E-state index contributed by atoms with van der Waals surface area (Å²) in [5, 5.41) is 8.35. The first-order valence-electron chi connectivity index (χ1n) is 9.89. The maximum Gasteiger partial charge on any atom is 0.347 e. The number of carbonyl (C=O) groups is 1. The summed E-state index contributed by atoms with van der Waals surface area (Å²) in [7, 11) is 2.02. The van der Waals surface area contributed by atoms with Gasteiger partial charge < -0.3 is 14.6 Å². The van der Waals surface area contributed by atoms with Gasteiger partial charge >= 0.3 is 5.63 Å². The number of fused-ring (bicyclic) bond motifs is 3. The number of hydrogen-bond acceptors (Lipinski definition) is 5. The van der Waals surface area contributed by atoms with Crippen LogP contribution in [0.3, 0.4) is 0 Å². The fraction of sp³-hybridized carbons (Fsp3) is 0.261. The number of benzene rings is 2. The topological polar surface area (TPSA) is 80.4 Å². The number of hydrogen-bond donors (Lipinski definition) is 1. The zero-order valence-electron chi connectivity index (χ0n) is 17.1. The van der Waals surface area contributed by atoms with Crippen LogP contribution in [-0.4, -0.2) is 40.7 Å². The van der Waals surface area contributed by atoms with Gasteiger partial charge in [-0.25, -0.2) is 4.79 Å². The van der Waals surface area contributed by atoms with Gasteiger partial charge in [-0.1, -0.05) is 42.0 Å². The first-order valence-corrected chi connectivity index (χ1v) is 9.89. The molecule has 0 aliphatic carbocycles. The van der Waals surface area contributed by atoms with Crippen molar-refractivity contribution in [1.82, 2.24) is 20.0 Å². The summed E-state index contributed by atoms with van der Waals surface area (Å²) in [6.07, 6.45) is 1.46. The number of nitrogens with one attached hydrogen (secondary N) is 1. The highest BCUT2D eigenvalue weighted by Crippen LogP contribution is 2.23. The van der Waals surface area contributed by atoms with Crippen LogP contribution in [-0.2, 0) is 17.9 Å². The quantitative estimate of drug-likeness (QED) is 0.479. The molecule has 7 nitrogen and oxygen atoms in total. The van der Waals surface area contributed by atoms with Crippen molar-refractivity contribution >= 4 is 27.8 Å². The normalized spacial score (nSPS) is 11.4. The Balaban J connectivity index is 1.43. The summed E-state index contributed by atoms with van der Waals surface area (Å²) < 4.78 is 6.94. The predicted molar refractivity (Wildman–Crippen MR) is 116 cm³/mol. The molecule has 1 N–H and O–H groups in total. The highest BCUT2D eigenvalue weighted by atomic mass is 16.4. The van der Waals surface area contributed by atoms with Crippen LogP contribution in [0.25, 0.3) is 21.9 Å². The minimum Gasteiger partial charge on any atom is -0.422 e. The van der Waals surface area contributed by atoms with Crippen molar-refractivity contribution < 1.29 is 9.21 Å². The number of amides is 1. The van der Waals surface area contributed by atoms with Crippen molar-refractivity contribution in [2.75, 3.05) is 20.1 Å². The van der Waals surface area contributed by atoms with Crippen LogP contribution in [0.15, 0.2) is 63.9 Å². The zero-order valence-corrected chi connectivity index (χ0v) is 17.1. The Bertz CT molecular complexity index is 1240. The van der Waals surface area contributed by atoms with E-state index in [2.05, 4.69) is 27.4 Å². The largest absolute Gasteiger partial charge is 0.422 e. The van der Waals surface area contributed by atoms with Crippen molar-refractivity contribution in [1.29, 1.82) is 0 Å². The van der Waals surface area contributed by atoms with Gasteiger partial charge in [0.2, 0.25) is 5.91 Å². The van der Waals surface area contributed by atoms with Crippen molar-refractivity contribution in [2.45, 2.75) is 20.0 Å².